The Labute approximate surface area is 262 Å². The number of benzene rings is 2. The number of hydrogen-bond donors (Lipinski definition) is 4. The van der Waals surface area contributed by atoms with Crippen LogP contribution in [0.2, 0.25) is 0 Å². The monoisotopic (exact) mass is 699 g/mol. The van der Waals surface area contributed by atoms with Gasteiger partial charge in [-0.05, 0) is 42.9 Å². The standard InChI is InChI=1S/C17H22BrN3O2S.C6H5F.C6H8O7/c1-3-10-24(22,23)21-13-14(12-20-8-6-19(2)7-9-20)16-11-15(18)4-5-17(16)21;7-6-4-2-1-3-5-6;7-3(8)1-6(13,5(11)12)2-4(9)10/h3-5,11,13H,1,6-10,12H2,2H3;1-5H;13H,1-2H2,(H,7,8)(H,9,10)(H,11,12). The van der Waals surface area contributed by atoms with E-state index in [1.54, 1.807) is 24.4 Å². The van der Waals surface area contributed by atoms with Crippen LogP contribution in [0.3, 0.4) is 0 Å². The van der Waals surface area contributed by atoms with E-state index in [0.717, 1.165) is 53.7 Å². The van der Waals surface area contributed by atoms with Crippen LogP contribution in [0.5, 0.6) is 0 Å². The number of carboxylic acid groups (broad SMARTS) is 3. The summed E-state index contributed by atoms with van der Waals surface area (Å²) in [5.74, 6) is -5.27. The molecule has 1 aliphatic rings. The highest BCUT2D eigenvalue weighted by Crippen LogP contribution is 2.28. The number of nitrogens with zero attached hydrogens (tertiary/aromatic N) is 3. The Morgan fingerprint density at radius 3 is 2.02 bits per heavy atom. The van der Waals surface area contributed by atoms with E-state index < -0.39 is 46.4 Å². The highest BCUT2D eigenvalue weighted by molar-refractivity contribution is 9.10. The largest absolute Gasteiger partial charge is 0.481 e. The van der Waals surface area contributed by atoms with Gasteiger partial charge in [-0.3, -0.25) is 14.5 Å². The van der Waals surface area contributed by atoms with E-state index in [9.17, 15) is 27.2 Å². The first-order valence-electron chi connectivity index (χ1n) is 13.2. The van der Waals surface area contributed by atoms with Gasteiger partial charge in [-0.25, -0.2) is 21.6 Å². The van der Waals surface area contributed by atoms with Crippen molar-refractivity contribution in [2.45, 2.75) is 25.0 Å². The summed E-state index contributed by atoms with van der Waals surface area (Å²) in [6, 6.07) is 13.7. The van der Waals surface area contributed by atoms with Crippen molar-refractivity contribution < 1.29 is 47.6 Å². The second kappa shape index (κ2) is 16.4. The molecule has 0 bridgehead atoms. The number of halogens is 2. The molecule has 0 spiro atoms. The third-order valence-electron chi connectivity index (χ3n) is 6.45. The lowest BCUT2D eigenvalue weighted by molar-refractivity contribution is -0.170. The molecule has 0 saturated carbocycles. The number of carbonyl (C=O) groups is 3. The van der Waals surface area contributed by atoms with Gasteiger partial charge in [-0.2, -0.15) is 0 Å². The maximum Gasteiger partial charge on any atom is 0.336 e. The van der Waals surface area contributed by atoms with Crippen molar-refractivity contribution in [3.63, 3.8) is 0 Å². The third kappa shape index (κ3) is 11.1. The van der Waals surface area contributed by atoms with Crippen molar-refractivity contribution in [3.8, 4) is 0 Å². The molecular formula is C29H35BrFN3O9S. The number of piperazine rings is 1. The van der Waals surface area contributed by atoms with Gasteiger partial charge in [0.2, 0.25) is 10.0 Å². The van der Waals surface area contributed by atoms with Crippen LogP contribution in [0.4, 0.5) is 4.39 Å². The normalized spacial score (nSPS) is 14.1. The molecule has 12 nitrogen and oxygen atoms in total. The molecule has 4 rings (SSSR count). The van der Waals surface area contributed by atoms with Crippen LogP contribution in [0, 0.1) is 5.82 Å². The minimum atomic E-state index is -3.42. The molecule has 1 aliphatic heterocycles. The summed E-state index contributed by atoms with van der Waals surface area (Å²) in [5.41, 5.74) is -0.967. The van der Waals surface area contributed by atoms with Gasteiger partial charge in [0.1, 0.15) is 5.82 Å². The van der Waals surface area contributed by atoms with Crippen molar-refractivity contribution >= 4 is 54.8 Å². The number of carboxylic acids is 3. The Kier molecular flexibility index (Phi) is 13.7. The average molecular weight is 701 g/mol. The van der Waals surface area contributed by atoms with Gasteiger partial charge in [0.15, 0.2) is 5.60 Å². The summed E-state index contributed by atoms with van der Waals surface area (Å²) in [6.45, 7) is 8.39. The SMILES string of the molecule is C=CCS(=O)(=O)n1cc(CN2CCN(C)CC2)c2cc(Br)ccc21.Fc1ccccc1.O=C(O)CC(O)(CC(=O)O)C(=O)O. The molecule has 1 fully saturated rings. The van der Waals surface area contributed by atoms with Gasteiger partial charge in [-0.1, -0.05) is 40.2 Å². The number of aromatic nitrogens is 1. The van der Waals surface area contributed by atoms with Gasteiger partial charge in [0.05, 0.1) is 24.1 Å². The highest BCUT2D eigenvalue weighted by atomic mass is 79.9. The van der Waals surface area contributed by atoms with Crippen LogP contribution in [0.1, 0.15) is 18.4 Å². The van der Waals surface area contributed by atoms with Gasteiger partial charge in [0.25, 0.3) is 0 Å². The Hall–Kier alpha value is -3.63. The molecule has 0 radical (unpaired) electrons. The predicted molar refractivity (Wildman–Crippen MR) is 165 cm³/mol. The Balaban J connectivity index is 0.000000281. The number of aliphatic carboxylic acids is 3. The van der Waals surface area contributed by atoms with Gasteiger partial charge >= 0.3 is 17.9 Å². The topological polar surface area (TPSA) is 178 Å². The van der Waals surface area contributed by atoms with E-state index in [2.05, 4.69) is 39.4 Å². The molecule has 1 aromatic heterocycles. The van der Waals surface area contributed by atoms with Crippen molar-refractivity contribution in [3.05, 3.63) is 83.2 Å². The highest BCUT2D eigenvalue weighted by Gasteiger charge is 2.40. The zero-order valence-electron chi connectivity index (χ0n) is 24.0. The van der Waals surface area contributed by atoms with E-state index in [1.807, 2.05) is 18.2 Å². The van der Waals surface area contributed by atoms with Crippen molar-refractivity contribution in [2.75, 3.05) is 39.0 Å². The molecule has 15 heteroatoms. The summed E-state index contributed by atoms with van der Waals surface area (Å²) < 4.78 is 39.3. The van der Waals surface area contributed by atoms with Crippen LogP contribution >= 0.6 is 15.9 Å². The second-order valence-corrected chi connectivity index (χ2v) is 12.8. The first kappa shape index (κ1) is 36.6. The summed E-state index contributed by atoms with van der Waals surface area (Å²) >= 11 is 3.49. The fourth-order valence-electron chi connectivity index (χ4n) is 4.20. The van der Waals surface area contributed by atoms with Crippen LogP contribution in [-0.4, -0.2) is 105 Å². The van der Waals surface area contributed by atoms with E-state index >= 15 is 0 Å². The first-order valence-corrected chi connectivity index (χ1v) is 15.6. The molecule has 0 unspecified atom stereocenters. The van der Waals surface area contributed by atoms with Crippen LogP contribution in [-0.2, 0) is 31.0 Å². The maximum absolute atomic E-state index is 12.5. The fourth-order valence-corrected chi connectivity index (χ4v) is 5.77. The molecule has 0 aliphatic carbocycles. The molecule has 4 N–H and O–H groups in total. The number of hydrogen-bond acceptors (Lipinski definition) is 8. The quantitative estimate of drug-likeness (QED) is 0.229. The lowest BCUT2D eigenvalue weighted by atomic mass is 9.96. The predicted octanol–water partition coefficient (Wildman–Crippen LogP) is 3.09. The maximum atomic E-state index is 12.5. The zero-order chi connectivity index (χ0) is 33.1. The van der Waals surface area contributed by atoms with Crippen LogP contribution in [0.15, 0.2) is 71.9 Å². The second-order valence-electron chi connectivity index (χ2n) is 10.0. The molecule has 1 saturated heterocycles. The average Bonchev–Trinajstić information content (AvgIpc) is 3.28. The molecule has 2 aromatic carbocycles. The Morgan fingerprint density at radius 2 is 1.57 bits per heavy atom. The Morgan fingerprint density at radius 1 is 1.00 bits per heavy atom. The zero-order valence-corrected chi connectivity index (χ0v) is 26.4. The molecule has 0 atom stereocenters. The number of likely N-dealkylation sites (N-methyl/N-ethyl adjacent to an activating group) is 1. The van der Waals surface area contributed by atoms with Gasteiger partial charge in [0, 0.05) is 48.8 Å². The van der Waals surface area contributed by atoms with Crippen LogP contribution in [0.25, 0.3) is 10.9 Å². The fraction of sp³-hybridized carbons (Fsp3) is 0.345. The Bertz CT molecular complexity index is 1540. The van der Waals surface area contributed by atoms with Crippen molar-refractivity contribution in [1.29, 1.82) is 0 Å². The summed E-state index contributed by atoms with van der Waals surface area (Å²) in [4.78, 5) is 35.2. The molecular weight excluding hydrogens is 665 g/mol. The van der Waals surface area contributed by atoms with E-state index in [1.165, 1.54) is 22.2 Å². The number of aliphatic hydroxyl groups is 1. The van der Waals surface area contributed by atoms with Crippen LogP contribution < -0.4 is 0 Å². The number of fused-ring (bicyclic) bond motifs is 1. The summed E-state index contributed by atoms with van der Waals surface area (Å²) in [5, 5.41) is 34.8. The van der Waals surface area contributed by atoms with Crippen molar-refractivity contribution in [1.82, 2.24) is 13.8 Å². The van der Waals surface area contributed by atoms with Gasteiger partial charge in [-0.15, -0.1) is 6.58 Å². The molecule has 0 amide bonds. The van der Waals surface area contributed by atoms with E-state index in [-0.39, 0.29) is 11.6 Å². The summed E-state index contributed by atoms with van der Waals surface area (Å²) in [7, 11) is -1.29. The lowest BCUT2D eigenvalue weighted by Gasteiger charge is -2.32. The first-order chi connectivity index (χ1) is 20.6. The molecule has 240 valence electrons. The lowest BCUT2D eigenvalue weighted by Crippen LogP contribution is -2.43. The molecule has 3 aromatic rings. The third-order valence-corrected chi connectivity index (χ3v) is 8.50. The molecule has 2 heterocycles. The molecule has 44 heavy (non-hydrogen) atoms. The van der Waals surface area contributed by atoms with Crippen molar-refractivity contribution in [2.24, 2.45) is 0 Å². The van der Waals surface area contributed by atoms with Gasteiger partial charge < -0.3 is 25.3 Å². The number of rotatable bonds is 10. The smallest absolute Gasteiger partial charge is 0.336 e. The minimum Gasteiger partial charge on any atom is -0.481 e. The summed E-state index contributed by atoms with van der Waals surface area (Å²) in [6.07, 6.45) is 0.914. The minimum absolute atomic E-state index is 0.0687. The van der Waals surface area contributed by atoms with E-state index in [0.29, 0.717) is 0 Å². The van der Waals surface area contributed by atoms with E-state index in [4.69, 9.17) is 20.4 Å².